The van der Waals surface area contributed by atoms with Crippen molar-refractivity contribution in [3.8, 4) is 11.6 Å². The Balaban J connectivity index is 2.39. The molecule has 0 aliphatic heterocycles. The highest BCUT2D eigenvalue weighted by Crippen LogP contribution is 2.27. The Labute approximate surface area is 116 Å². The highest BCUT2D eigenvalue weighted by atomic mass is 16.5. The number of hydrogen-bond acceptors (Lipinski definition) is 5. The van der Waals surface area contributed by atoms with E-state index in [9.17, 15) is 4.79 Å². The van der Waals surface area contributed by atoms with Gasteiger partial charge in [-0.05, 0) is 37.6 Å². The summed E-state index contributed by atoms with van der Waals surface area (Å²) in [4.78, 5) is 19.5. The minimum atomic E-state index is -0.632. The number of nitrogen functional groups attached to an aromatic ring is 1. The lowest BCUT2D eigenvalue weighted by molar-refractivity contribution is 0.0995. The van der Waals surface area contributed by atoms with Crippen LogP contribution in [0.3, 0.4) is 0 Å². The Morgan fingerprint density at radius 1 is 1.25 bits per heavy atom. The molecule has 0 spiro atoms. The molecule has 0 aromatic carbocycles. The van der Waals surface area contributed by atoms with Crippen LogP contribution in [-0.2, 0) is 6.42 Å². The minimum absolute atomic E-state index is 0.104. The lowest BCUT2D eigenvalue weighted by Crippen LogP contribution is -2.13. The Kier molecular flexibility index (Phi) is 3.84. The molecule has 0 aliphatic carbocycles. The van der Waals surface area contributed by atoms with Crippen LogP contribution in [0.25, 0.3) is 0 Å². The number of anilines is 1. The zero-order valence-corrected chi connectivity index (χ0v) is 11.4. The van der Waals surface area contributed by atoms with E-state index in [1.54, 1.807) is 6.07 Å². The van der Waals surface area contributed by atoms with E-state index in [1.807, 2.05) is 19.9 Å². The molecule has 4 N–H and O–H groups in total. The number of nitrogens with two attached hydrogens (primary N) is 2. The number of aromatic nitrogens is 2. The van der Waals surface area contributed by atoms with Crippen LogP contribution in [0.1, 0.15) is 28.8 Å². The molecular formula is C14H16N4O2. The third-order valence-corrected chi connectivity index (χ3v) is 2.76. The molecule has 2 rings (SSSR count). The van der Waals surface area contributed by atoms with Crippen LogP contribution >= 0.6 is 0 Å². The summed E-state index contributed by atoms with van der Waals surface area (Å²) in [6, 6.07) is 6.64. The molecule has 20 heavy (non-hydrogen) atoms. The van der Waals surface area contributed by atoms with Crippen LogP contribution in [-0.4, -0.2) is 15.9 Å². The molecule has 104 valence electrons. The van der Waals surface area contributed by atoms with E-state index in [2.05, 4.69) is 9.97 Å². The number of carbonyl (C=O) groups is 1. The maximum Gasteiger partial charge on any atom is 0.267 e. The molecule has 6 nitrogen and oxygen atoms in total. The van der Waals surface area contributed by atoms with Crippen LogP contribution in [0.5, 0.6) is 11.6 Å². The van der Waals surface area contributed by atoms with Gasteiger partial charge in [-0.1, -0.05) is 6.92 Å². The summed E-state index contributed by atoms with van der Waals surface area (Å²) in [6.07, 6.45) is 0.715. The lowest BCUT2D eigenvalue weighted by atomic mass is 10.2. The first kappa shape index (κ1) is 13.8. The van der Waals surface area contributed by atoms with E-state index in [0.717, 1.165) is 11.4 Å². The van der Waals surface area contributed by atoms with Crippen molar-refractivity contribution in [2.24, 2.45) is 5.73 Å². The van der Waals surface area contributed by atoms with Crippen LogP contribution in [0, 0.1) is 6.92 Å². The molecule has 0 atom stereocenters. The monoisotopic (exact) mass is 272 g/mol. The van der Waals surface area contributed by atoms with Crippen molar-refractivity contribution in [2.45, 2.75) is 20.3 Å². The van der Waals surface area contributed by atoms with Gasteiger partial charge >= 0.3 is 0 Å². The fraction of sp³-hybridized carbons (Fsp3) is 0.214. The van der Waals surface area contributed by atoms with Crippen molar-refractivity contribution < 1.29 is 9.53 Å². The van der Waals surface area contributed by atoms with E-state index < -0.39 is 5.91 Å². The van der Waals surface area contributed by atoms with Crippen LogP contribution in [0.15, 0.2) is 24.3 Å². The van der Waals surface area contributed by atoms with Gasteiger partial charge in [0.05, 0.1) is 11.4 Å². The van der Waals surface area contributed by atoms with Crippen LogP contribution in [0.2, 0.25) is 0 Å². The maximum absolute atomic E-state index is 11.1. The summed E-state index contributed by atoms with van der Waals surface area (Å²) in [6.45, 7) is 3.88. The fourth-order valence-electron chi connectivity index (χ4n) is 1.72. The van der Waals surface area contributed by atoms with Crippen molar-refractivity contribution in [3.05, 3.63) is 41.3 Å². The maximum atomic E-state index is 11.1. The molecule has 0 saturated heterocycles. The molecule has 2 aromatic heterocycles. The van der Waals surface area contributed by atoms with Crippen molar-refractivity contribution in [3.63, 3.8) is 0 Å². The normalized spacial score (nSPS) is 10.3. The third-order valence-electron chi connectivity index (χ3n) is 2.76. The summed E-state index contributed by atoms with van der Waals surface area (Å²) in [7, 11) is 0. The van der Waals surface area contributed by atoms with E-state index >= 15 is 0 Å². The van der Waals surface area contributed by atoms with Gasteiger partial charge in [-0.25, -0.2) is 4.98 Å². The largest absolute Gasteiger partial charge is 0.435 e. The van der Waals surface area contributed by atoms with E-state index in [-0.39, 0.29) is 11.6 Å². The molecule has 0 saturated carbocycles. The van der Waals surface area contributed by atoms with Gasteiger partial charge in [-0.2, -0.15) is 0 Å². The average molecular weight is 272 g/mol. The second kappa shape index (κ2) is 5.56. The third kappa shape index (κ3) is 2.85. The number of rotatable bonds is 4. The average Bonchev–Trinajstić information content (AvgIpc) is 2.42. The molecule has 6 heteroatoms. The van der Waals surface area contributed by atoms with E-state index in [1.165, 1.54) is 12.1 Å². The summed E-state index contributed by atoms with van der Waals surface area (Å²) >= 11 is 0. The van der Waals surface area contributed by atoms with Gasteiger partial charge in [0.15, 0.2) is 5.75 Å². The molecule has 0 bridgehead atoms. The fourth-order valence-corrected chi connectivity index (χ4v) is 1.72. The highest BCUT2D eigenvalue weighted by Gasteiger charge is 2.12. The first-order chi connectivity index (χ1) is 9.51. The number of hydrogen-bond donors (Lipinski definition) is 2. The number of primary amides is 1. The van der Waals surface area contributed by atoms with Crippen LogP contribution < -0.4 is 16.2 Å². The molecule has 2 heterocycles. The van der Waals surface area contributed by atoms with E-state index in [0.29, 0.717) is 17.9 Å². The second-order valence-electron chi connectivity index (χ2n) is 4.31. The number of pyridine rings is 2. The standard InChI is InChI=1S/C14H16N4O2/c1-3-10-12(7-4-8(2)17-10)20-14-9(15)5-6-11(18-14)13(16)19/h4-7H,3,15H2,1-2H3,(H2,16,19). The zero-order chi connectivity index (χ0) is 14.7. The number of carbonyl (C=O) groups excluding carboxylic acids is 1. The molecule has 2 aromatic rings. The van der Waals surface area contributed by atoms with Crippen molar-refractivity contribution >= 4 is 11.6 Å². The molecule has 0 radical (unpaired) electrons. The Bertz CT molecular complexity index is 656. The Morgan fingerprint density at radius 2 is 2.00 bits per heavy atom. The summed E-state index contributed by atoms with van der Waals surface area (Å²) in [5.41, 5.74) is 13.1. The topological polar surface area (TPSA) is 104 Å². The SMILES string of the molecule is CCc1nc(C)ccc1Oc1nc(C(N)=O)ccc1N. The quantitative estimate of drug-likeness (QED) is 0.883. The van der Waals surface area contributed by atoms with Gasteiger partial charge in [0.25, 0.3) is 5.91 Å². The van der Waals surface area contributed by atoms with Crippen molar-refractivity contribution in [1.82, 2.24) is 9.97 Å². The minimum Gasteiger partial charge on any atom is -0.435 e. The number of nitrogens with zero attached hydrogens (tertiary/aromatic N) is 2. The summed E-state index contributed by atoms with van der Waals surface area (Å²) in [5.74, 6) is 0.0909. The van der Waals surface area contributed by atoms with Gasteiger partial charge in [0.1, 0.15) is 5.69 Å². The molecule has 0 fully saturated rings. The Hall–Kier alpha value is -2.63. The molecule has 1 amide bonds. The number of aryl methyl sites for hydroxylation is 2. The predicted octanol–water partition coefficient (Wildman–Crippen LogP) is 1.82. The summed E-state index contributed by atoms with van der Waals surface area (Å²) < 4.78 is 5.67. The number of ether oxygens (including phenoxy) is 1. The molecular weight excluding hydrogens is 256 g/mol. The van der Waals surface area contributed by atoms with Crippen molar-refractivity contribution in [1.29, 1.82) is 0 Å². The van der Waals surface area contributed by atoms with Gasteiger partial charge in [-0.15, -0.1) is 0 Å². The van der Waals surface area contributed by atoms with Gasteiger partial charge in [0.2, 0.25) is 5.88 Å². The van der Waals surface area contributed by atoms with Gasteiger partial charge < -0.3 is 16.2 Å². The van der Waals surface area contributed by atoms with E-state index in [4.69, 9.17) is 16.2 Å². The highest BCUT2D eigenvalue weighted by molar-refractivity contribution is 5.91. The smallest absolute Gasteiger partial charge is 0.267 e. The summed E-state index contributed by atoms with van der Waals surface area (Å²) in [5, 5.41) is 0. The molecule has 0 aliphatic rings. The van der Waals surface area contributed by atoms with Gasteiger partial charge in [0, 0.05) is 5.69 Å². The Morgan fingerprint density at radius 3 is 2.65 bits per heavy atom. The molecule has 0 unspecified atom stereocenters. The predicted molar refractivity (Wildman–Crippen MR) is 75.6 cm³/mol. The van der Waals surface area contributed by atoms with Crippen molar-refractivity contribution in [2.75, 3.05) is 5.73 Å². The van der Waals surface area contributed by atoms with Gasteiger partial charge in [-0.3, -0.25) is 9.78 Å². The van der Waals surface area contributed by atoms with Crippen LogP contribution in [0.4, 0.5) is 5.69 Å². The lowest BCUT2D eigenvalue weighted by Gasteiger charge is -2.11. The first-order valence-electron chi connectivity index (χ1n) is 6.22. The first-order valence-corrected chi connectivity index (χ1v) is 6.22. The second-order valence-corrected chi connectivity index (χ2v) is 4.31. The zero-order valence-electron chi connectivity index (χ0n) is 11.4. The number of amides is 1.